The number of carbonyl (C=O) groups excluding carboxylic acids is 1. The van der Waals surface area contributed by atoms with E-state index in [4.69, 9.17) is 5.10 Å². The molecule has 1 atom stereocenters. The average molecular weight is 354 g/mol. The molecule has 1 aromatic carbocycles. The quantitative estimate of drug-likeness (QED) is 0.837. The van der Waals surface area contributed by atoms with Crippen molar-refractivity contribution in [1.82, 2.24) is 14.8 Å². The normalized spacial score (nSPS) is 19.4. The molecule has 6 heteroatoms. The van der Waals surface area contributed by atoms with Gasteiger partial charge in [-0.25, -0.2) is 4.68 Å². The molecule has 2 heterocycles. The monoisotopic (exact) mass is 354 g/mol. The van der Waals surface area contributed by atoms with Crippen LogP contribution in [0, 0.1) is 6.92 Å². The lowest BCUT2D eigenvalue weighted by molar-refractivity contribution is -0.116. The number of rotatable bonds is 4. The molecule has 1 aromatic heterocycles. The molecule has 2 aromatic rings. The first-order chi connectivity index (χ1) is 12.2. The van der Waals surface area contributed by atoms with Crippen LogP contribution in [-0.4, -0.2) is 26.3 Å². The molecule has 1 N–H and O–H groups in total. The lowest BCUT2D eigenvalue weighted by Crippen LogP contribution is -2.31. The van der Waals surface area contributed by atoms with Crippen LogP contribution in [0.5, 0.6) is 0 Å². The number of ketones is 1. The van der Waals surface area contributed by atoms with Gasteiger partial charge in [-0.3, -0.25) is 4.79 Å². The number of nitrogens with one attached hydrogen (secondary N) is 1. The Bertz CT molecular complexity index is 838. The maximum atomic E-state index is 12.7. The zero-order chi connectivity index (χ0) is 17.4. The van der Waals surface area contributed by atoms with E-state index in [0.717, 1.165) is 53.0 Å². The van der Waals surface area contributed by atoms with Crippen LogP contribution in [0.2, 0.25) is 0 Å². The van der Waals surface area contributed by atoms with Gasteiger partial charge in [-0.05, 0) is 31.7 Å². The van der Waals surface area contributed by atoms with Crippen LogP contribution in [0.3, 0.4) is 0 Å². The Hall–Kier alpha value is -2.08. The van der Waals surface area contributed by atoms with E-state index in [1.165, 1.54) is 5.56 Å². The van der Waals surface area contributed by atoms with Crippen LogP contribution in [0.25, 0.3) is 0 Å². The molecule has 1 aliphatic carbocycles. The minimum atomic E-state index is -0.178. The molecule has 1 aliphatic heterocycles. The third-order valence-electron chi connectivity index (χ3n) is 4.68. The number of aryl methyl sites for hydroxylation is 1. The molecular formula is C19H22N4OS. The van der Waals surface area contributed by atoms with E-state index in [1.807, 2.05) is 4.68 Å². The van der Waals surface area contributed by atoms with Crippen molar-refractivity contribution in [1.29, 1.82) is 0 Å². The number of fused-ring (bicyclic) bond motifs is 1. The van der Waals surface area contributed by atoms with Crippen LogP contribution < -0.4 is 5.32 Å². The maximum absolute atomic E-state index is 12.7. The van der Waals surface area contributed by atoms with Crippen LogP contribution >= 0.6 is 11.8 Å². The van der Waals surface area contributed by atoms with Crippen molar-refractivity contribution in [2.45, 2.75) is 50.7 Å². The predicted octanol–water partition coefficient (Wildman–Crippen LogP) is 4.11. The minimum Gasteiger partial charge on any atom is -0.328 e. The van der Waals surface area contributed by atoms with Crippen molar-refractivity contribution in [3.05, 3.63) is 46.7 Å². The molecular weight excluding hydrogens is 332 g/mol. The second-order valence-corrected chi connectivity index (χ2v) is 7.68. The number of aromatic nitrogens is 3. The molecule has 5 nitrogen and oxygen atoms in total. The van der Waals surface area contributed by atoms with E-state index in [2.05, 4.69) is 48.4 Å². The Morgan fingerprint density at radius 1 is 1.28 bits per heavy atom. The standard InChI is InChI=1S/C19H22N4OS/c1-3-11-25-19-21-18-20-14-5-4-6-15(24)16(14)17(23(18)22-19)13-9-7-12(2)8-10-13/h7-10,17H,3-6,11H2,1-2H3,(H,20,21,22). The summed E-state index contributed by atoms with van der Waals surface area (Å²) in [6.07, 6.45) is 3.49. The Kier molecular flexibility index (Phi) is 4.37. The van der Waals surface area contributed by atoms with Gasteiger partial charge in [0, 0.05) is 23.4 Å². The highest BCUT2D eigenvalue weighted by Crippen LogP contribution is 2.40. The highest BCUT2D eigenvalue weighted by Gasteiger charge is 2.36. The average Bonchev–Trinajstić information content (AvgIpc) is 3.01. The fourth-order valence-electron chi connectivity index (χ4n) is 3.45. The van der Waals surface area contributed by atoms with Crippen molar-refractivity contribution < 1.29 is 4.79 Å². The number of carbonyl (C=O) groups is 1. The zero-order valence-corrected chi connectivity index (χ0v) is 15.4. The topological polar surface area (TPSA) is 59.8 Å². The van der Waals surface area contributed by atoms with E-state index >= 15 is 0 Å². The molecule has 0 bridgehead atoms. The summed E-state index contributed by atoms with van der Waals surface area (Å²) in [5, 5.41) is 8.86. The number of benzene rings is 1. The summed E-state index contributed by atoms with van der Waals surface area (Å²) in [7, 11) is 0. The lowest BCUT2D eigenvalue weighted by atomic mass is 9.85. The van der Waals surface area contributed by atoms with Gasteiger partial charge < -0.3 is 5.32 Å². The third-order valence-corrected chi connectivity index (χ3v) is 5.72. The minimum absolute atomic E-state index is 0.178. The highest BCUT2D eigenvalue weighted by atomic mass is 32.2. The van der Waals surface area contributed by atoms with Gasteiger partial charge in [-0.2, -0.15) is 4.98 Å². The van der Waals surface area contributed by atoms with Gasteiger partial charge in [0.05, 0.1) is 0 Å². The molecule has 130 valence electrons. The molecule has 0 radical (unpaired) electrons. The highest BCUT2D eigenvalue weighted by molar-refractivity contribution is 7.99. The molecule has 0 amide bonds. The number of nitrogens with zero attached hydrogens (tertiary/aromatic N) is 3. The summed E-state index contributed by atoms with van der Waals surface area (Å²) in [6, 6.07) is 8.20. The van der Waals surface area contributed by atoms with Crippen molar-refractivity contribution in [3.63, 3.8) is 0 Å². The SMILES string of the molecule is CCCSc1nc2n(n1)C(c1ccc(C)cc1)C1=C(CCCC1=O)N2. The predicted molar refractivity (Wildman–Crippen MR) is 99.9 cm³/mol. The Morgan fingerprint density at radius 2 is 2.08 bits per heavy atom. The van der Waals surface area contributed by atoms with Gasteiger partial charge in [0.1, 0.15) is 6.04 Å². The second kappa shape index (κ2) is 6.67. The number of hydrogen-bond acceptors (Lipinski definition) is 5. The number of allylic oxidation sites excluding steroid dienone is 2. The van der Waals surface area contributed by atoms with Gasteiger partial charge in [0.15, 0.2) is 5.78 Å². The Morgan fingerprint density at radius 3 is 2.84 bits per heavy atom. The molecule has 4 rings (SSSR count). The first-order valence-corrected chi connectivity index (χ1v) is 9.85. The Labute approximate surface area is 151 Å². The molecule has 1 unspecified atom stereocenters. The van der Waals surface area contributed by atoms with Crippen molar-refractivity contribution in [2.75, 3.05) is 11.1 Å². The van der Waals surface area contributed by atoms with E-state index in [-0.39, 0.29) is 11.8 Å². The Balaban J connectivity index is 1.82. The molecule has 0 fully saturated rings. The number of thioether (sulfide) groups is 1. The van der Waals surface area contributed by atoms with Crippen molar-refractivity contribution in [3.8, 4) is 0 Å². The van der Waals surface area contributed by atoms with Crippen molar-refractivity contribution in [2.24, 2.45) is 0 Å². The number of anilines is 1. The molecule has 0 saturated heterocycles. The molecule has 2 aliphatic rings. The van der Waals surface area contributed by atoms with Gasteiger partial charge in [0.2, 0.25) is 11.1 Å². The second-order valence-electron chi connectivity index (χ2n) is 6.62. The van der Waals surface area contributed by atoms with E-state index in [1.54, 1.807) is 11.8 Å². The summed E-state index contributed by atoms with van der Waals surface area (Å²) in [4.78, 5) is 17.4. The van der Waals surface area contributed by atoms with Crippen LogP contribution in [0.15, 0.2) is 40.7 Å². The summed E-state index contributed by atoms with van der Waals surface area (Å²) in [5.74, 6) is 1.96. The van der Waals surface area contributed by atoms with Crippen LogP contribution in [0.4, 0.5) is 5.95 Å². The zero-order valence-electron chi connectivity index (χ0n) is 14.6. The van der Waals surface area contributed by atoms with Crippen molar-refractivity contribution >= 4 is 23.5 Å². The first-order valence-electron chi connectivity index (χ1n) is 8.86. The summed E-state index contributed by atoms with van der Waals surface area (Å²) >= 11 is 1.66. The van der Waals surface area contributed by atoms with E-state index in [0.29, 0.717) is 6.42 Å². The summed E-state index contributed by atoms with van der Waals surface area (Å²) in [6.45, 7) is 4.22. The fourth-order valence-corrected chi connectivity index (χ4v) is 4.13. The number of hydrogen-bond donors (Lipinski definition) is 1. The molecule has 0 saturated carbocycles. The van der Waals surface area contributed by atoms with Gasteiger partial charge >= 0.3 is 0 Å². The lowest BCUT2D eigenvalue weighted by Gasteiger charge is -2.32. The molecule has 25 heavy (non-hydrogen) atoms. The van der Waals surface area contributed by atoms with Crippen LogP contribution in [-0.2, 0) is 4.79 Å². The first kappa shape index (κ1) is 16.4. The molecule has 0 spiro atoms. The van der Waals surface area contributed by atoms with Gasteiger partial charge in [-0.1, -0.05) is 48.5 Å². The van der Waals surface area contributed by atoms with Gasteiger partial charge in [-0.15, -0.1) is 5.10 Å². The van der Waals surface area contributed by atoms with E-state index in [9.17, 15) is 4.79 Å². The summed E-state index contributed by atoms with van der Waals surface area (Å²) < 4.78 is 1.89. The third kappa shape index (κ3) is 2.99. The number of Topliss-reactive ketones (excluding diaryl/α,β-unsaturated/α-hetero) is 1. The van der Waals surface area contributed by atoms with Crippen LogP contribution in [0.1, 0.15) is 49.8 Å². The fraction of sp³-hybridized carbons (Fsp3) is 0.421. The largest absolute Gasteiger partial charge is 0.328 e. The maximum Gasteiger partial charge on any atom is 0.227 e. The van der Waals surface area contributed by atoms with Gasteiger partial charge in [0.25, 0.3) is 0 Å². The van der Waals surface area contributed by atoms with E-state index < -0.39 is 0 Å². The summed E-state index contributed by atoms with van der Waals surface area (Å²) in [5.41, 5.74) is 4.18. The smallest absolute Gasteiger partial charge is 0.227 e.